The molecule has 1 unspecified atom stereocenters. The first-order valence-electron chi connectivity index (χ1n) is 6.04. The van der Waals surface area contributed by atoms with Gasteiger partial charge in [-0.2, -0.15) is 0 Å². The van der Waals surface area contributed by atoms with E-state index in [2.05, 4.69) is 10.0 Å². The van der Waals surface area contributed by atoms with Gasteiger partial charge in [0.2, 0.25) is 10.0 Å². The van der Waals surface area contributed by atoms with E-state index in [0.717, 1.165) is 0 Å². The Labute approximate surface area is 117 Å². The maximum absolute atomic E-state index is 12.3. The molecule has 1 atom stereocenters. The molecule has 8 nitrogen and oxygen atoms in total. The molecule has 0 spiro atoms. The van der Waals surface area contributed by atoms with Gasteiger partial charge in [0, 0.05) is 13.1 Å². The van der Waals surface area contributed by atoms with Crippen molar-refractivity contribution in [1.82, 2.24) is 14.9 Å². The summed E-state index contributed by atoms with van der Waals surface area (Å²) in [6, 6.07) is 7.60. The van der Waals surface area contributed by atoms with Crippen molar-refractivity contribution in [3.8, 4) is 0 Å². The summed E-state index contributed by atoms with van der Waals surface area (Å²) in [5.74, 6) is -1.87. The molecule has 0 radical (unpaired) electrons. The highest BCUT2D eigenvalue weighted by molar-refractivity contribution is 7.89. The van der Waals surface area contributed by atoms with E-state index in [1.807, 2.05) is 0 Å². The Morgan fingerprint density at radius 2 is 2.05 bits per heavy atom. The largest absolute Gasteiger partial charge is 0.360 e. The average Bonchev–Trinajstić information content (AvgIpc) is 2.42. The van der Waals surface area contributed by atoms with Crippen LogP contribution in [0, 0.1) is 10.1 Å². The molecular weight excluding hydrogens is 284 g/mol. The van der Waals surface area contributed by atoms with Crippen LogP contribution in [0.3, 0.4) is 0 Å². The van der Waals surface area contributed by atoms with Crippen molar-refractivity contribution >= 4 is 10.0 Å². The van der Waals surface area contributed by atoms with E-state index >= 15 is 0 Å². The number of nitro groups is 1. The molecule has 2 N–H and O–H groups in total. The van der Waals surface area contributed by atoms with Crippen LogP contribution in [0.25, 0.3) is 0 Å². The monoisotopic (exact) mass is 300 g/mol. The van der Waals surface area contributed by atoms with Gasteiger partial charge in [-0.3, -0.25) is 10.1 Å². The number of rotatable bonds is 4. The van der Waals surface area contributed by atoms with E-state index in [0.29, 0.717) is 13.1 Å². The van der Waals surface area contributed by atoms with E-state index in [4.69, 9.17) is 0 Å². The molecule has 2 rings (SSSR count). The average molecular weight is 300 g/mol. The van der Waals surface area contributed by atoms with Gasteiger partial charge >= 0.3 is 5.79 Å². The van der Waals surface area contributed by atoms with Crippen molar-refractivity contribution < 1.29 is 13.3 Å². The summed E-state index contributed by atoms with van der Waals surface area (Å²) >= 11 is 0. The molecule has 0 bridgehead atoms. The first-order valence-corrected chi connectivity index (χ1v) is 7.52. The third-order valence-electron chi connectivity index (χ3n) is 3.28. The number of hydrogen-bond acceptors (Lipinski definition) is 6. The van der Waals surface area contributed by atoms with Gasteiger partial charge < -0.3 is 5.32 Å². The van der Waals surface area contributed by atoms with Gasteiger partial charge in [-0.1, -0.05) is 18.2 Å². The molecule has 0 aliphatic carbocycles. The summed E-state index contributed by atoms with van der Waals surface area (Å²) in [5.41, 5.74) is 0. The third kappa shape index (κ3) is 2.66. The molecule has 0 amide bonds. The van der Waals surface area contributed by atoms with Crippen LogP contribution in [0.1, 0.15) is 0 Å². The fraction of sp³-hybridized carbons (Fsp3) is 0.455. The highest BCUT2D eigenvalue weighted by atomic mass is 32.2. The quantitative estimate of drug-likeness (QED) is 0.438. The van der Waals surface area contributed by atoms with Crippen molar-refractivity contribution in [3.05, 3.63) is 40.4 Å². The zero-order chi connectivity index (χ0) is 14.8. The summed E-state index contributed by atoms with van der Waals surface area (Å²) in [5, 5.41) is 14.2. The SMILES string of the molecule is CN1CCNCC1(NS(=O)(=O)c1ccccc1)[N+](=O)[O-]. The maximum atomic E-state index is 12.3. The molecule has 1 saturated heterocycles. The minimum atomic E-state index is -3.97. The summed E-state index contributed by atoms with van der Waals surface area (Å²) < 4.78 is 26.8. The lowest BCUT2D eigenvalue weighted by Gasteiger charge is -2.37. The van der Waals surface area contributed by atoms with E-state index in [1.54, 1.807) is 18.2 Å². The number of sulfonamides is 1. The van der Waals surface area contributed by atoms with E-state index < -0.39 is 20.7 Å². The summed E-state index contributed by atoms with van der Waals surface area (Å²) in [6.45, 7) is 0.847. The second kappa shape index (κ2) is 5.44. The zero-order valence-electron chi connectivity index (χ0n) is 10.9. The Morgan fingerprint density at radius 3 is 2.60 bits per heavy atom. The highest BCUT2D eigenvalue weighted by Gasteiger charge is 2.52. The van der Waals surface area contributed by atoms with E-state index in [1.165, 1.54) is 24.1 Å². The van der Waals surface area contributed by atoms with Crippen LogP contribution < -0.4 is 10.0 Å². The van der Waals surface area contributed by atoms with Crippen LogP contribution in [0.2, 0.25) is 0 Å². The lowest BCUT2D eigenvalue weighted by molar-refractivity contribution is -0.604. The summed E-state index contributed by atoms with van der Waals surface area (Å²) in [4.78, 5) is 12.2. The van der Waals surface area contributed by atoms with Crippen molar-refractivity contribution in [2.24, 2.45) is 0 Å². The fourth-order valence-electron chi connectivity index (χ4n) is 2.06. The lowest BCUT2D eigenvalue weighted by atomic mass is 10.2. The number of nitrogens with one attached hydrogen (secondary N) is 2. The number of hydrogen-bond donors (Lipinski definition) is 2. The van der Waals surface area contributed by atoms with Gasteiger partial charge in [0.05, 0.1) is 16.4 Å². The van der Waals surface area contributed by atoms with Crippen LogP contribution in [0.15, 0.2) is 35.2 Å². The summed E-state index contributed by atoms with van der Waals surface area (Å²) in [7, 11) is -2.44. The van der Waals surface area contributed by atoms with Crippen LogP contribution in [-0.2, 0) is 10.0 Å². The molecule has 1 fully saturated rings. The number of nitrogens with zero attached hydrogens (tertiary/aromatic N) is 2. The molecule has 0 saturated carbocycles. The normalized spacial score (nSPS) is 24.4. The smallest absolute Gasteiger partial charge is 0.306 e. The Hall–Kier alpha value is -1.55. The zero-order valence-corrected chi connectivity index (χ0v) is 11.8. The second-order valence-electron chi connectivity index (χ2n) is 4.59. The Balaban J connectivity index is 2.36. The molecule has 1 aromatic carbocycles. The van der Waals surface area contributed by atoms with Crippen molar-refractivity contribution in [3.63, 3.8) is 0 Å². The molecule has 1 heterocycles. The number of piperazine rings is 1. The van der Waals surface area contributed by atoms with Gasteiger partial charge in [0.1, 0.15) is 0 Å². The minimum Gasteiger partial charge on any atom is -0.306 e. The maximum Gasteiger partial charge on any atom is 0.360 e. The molecule has 9 heteroatoms. The van der Waals surface area contributed by atoms with Crippen LogP contribution >= 0.6 is 0 Å². The number of likely N-dealkylation sites (N-methyl/N-ethyl adjacent to an activating group) is 1. The highest BCUT2D eigenvalue weighted by Crippen LogP contribution is 2.18. The molecule has 110 valence electrons. The molecule has 1 aliphatic rings. The molecular formula is C11H16N4O4S. The second-order valence-corrected chi connectivity index (χ2v) is 6.27. The first kappa shape index (κ1) is 14.9. The Morgan fingerprint density at radius 1 is 1.40 bits per heavy atom. The van der Waals surface area contributed by atoms with Crippen molar-refractivity contribution in [2.75, 3.05) is 26.7 Å². The van der Waals surface area contributed by atoms with Crippen LogP contribution in [-0.4, -0.2) is 50.7 Å². The van der Waals surface area contributed by atoms with Gasteiger partial charge in [-0.05, 0) is 19.2 Å². The topological polar surface area (TPSA) is 105 Å². The first-order chi connectivity index (χ1) is 9.38. The lowest BCUT2D eigenvalue weighted by Crippen LogP contribution is -2.72. The predicted molar refractivity (Wildman–Crippen MR) is 72.0 cm³/mol. The fourth-order valence-corrected chi connectivity index (χ4v) is 3.42. The molecule has 20 heavy (non-hydrogen) atoms. The summed E-state index contributed by atoms with van der Waals surface area (Å²) in [6.07, 6.45) is 0. The third-order valence-corrected chi connectivity index (χ3v) is 4.77. The number of benzene rings is 1. The van der Waals surface area contributed by atoms with Crippen LogP contribution in [0.4, 0.5) is 0 Å². The molecule has 0 aromatic heterocycles. The minimum absolute atomic E-state index is 0.000184. The van der Waals surface area contributed by atoms with Crippen molar-refractivity contribution in [1.29, 1.82) is 0 Å². The standard InChI is InChI=1S/C11H16N4O4S/c1-14-8-7-12-9-11(14,15(16)17)13-20(18,19)10-5-3-2-4-6-10/h2-6,12-13H,7-9H2,1H3. The van der Waals surface area contributed by atoms with E-state index in [9.17, 15) is 18.5 Å². The molecule has 1 aromatic rings. The van der Waals surface area contributed by atoms with Crippen LogP contribution in [0.5, 0.6) is 0 Å². The van der Waals surface area contributed by atoms with Gasteiger partial charge in [-0.25, -0.2) is 13.3 Å². The predicted octanol–water partition coefficient (Wildman–Crippen LogP) is -0.570. The van der Waals surface area contributed by atoms with Crippen molar-refractivity contribution in [2.45, 2.75) is 10.7 Å². The Bertz CT molecular complexity index is 592. The van der Waals surface area contributed by atoms with Gasteiger partial charge in [0.15, 0.2) is 0 Å². The molecule has 1 aliphatic heterocycles. The Kier molecular flexibility index (Phi) is 4.04. The van der Waals surface area contributed by atoms with E-state index in [-0.39, 0.29) is 11.4 Å². The van der Waals surface area contributed by atoms with Gasteiger partial charge in [0.25, 0.3) is 0 Å². The van der Waals surface area contributed by atoms with Gasteiger partial charge in [-0.15, -0.1) is 4.72 Å².